The number of para-hydroxylation sites is 1. The Bertz CT molecular complexity index is 506. The third-order valence-corrected chi connectivity index (χ3v) is 5.09. The van der Waals surface area contributed by atoms with E-state index in [1.165, 1.54) is 24.0 Å². The summed E-state index contributed by atoms with van der Waals surface area (Å²) in [5, 5.41) is 0.261. The Morgan fingerprint density at radius 2 is 2.22 bits per heavy atom. The van der Waals surface area contributed by atoms with Crippen LogP contribution in [-0.2, 0) is 0 Å². The predicted molar refractivity (Wildman–Crippen MR) is 82.2 cm³/mol. The van der Waals surface area contributed by atoms with Crippen molar-refractivity contribution in [2.24, 2.45) is 0 Å². The summed E-state index contributed by atoms with van der Waals surface area (Å²) in [5.74, 6) is 2.88. The molecule has 2 rings (SSSR count). The Balaban J connectivity index is 2.00. The molecule has 1 nitrogen and oxygen atoms in total. The van der Waals surface area contributed by atoms with Crippen LogP contribution in [0, 0.1) is 12.3 Å². The zero-order valence-corrected chi connectivity index (χ0v) is 12.2. The molecular weight excluding hydrogens is 258 g/mol. The van der Waals surface area contributed by atoms with Crippen LogP contribution in [0.4, 0.5) is 0 Å². The molecule has 2 aromatic rings. The number of benzene rings is 1. The molecule has 0 saturated heterocycles. The van der Waals surface area contributed by atoms with Crippen molar-refractivity contribution in [3.63, 3.8) is 0 Å². The maximum Gasteiger partial charge on any atom is 0.152 e. The maximum absolute atomic E-state index is 5.60. The van der Waals surface area contributed by atoms with Crippen molar-refractivity contribution in [1.29, 1.82) is 0 Å². The van der Waals surface area contributed by atoms with Gasteiger partial charge in [-0.2, -0.15) is 0 Å². The second-order valence-electron chi connectivity index (χ2n) is 4.22. The quantitative estimate of drug-likeness (QED) is 0.419. The minimum absolute atomic E-state index is 0.261. The van der Waals surface area contributed by atoms with E-state index < -0.39 is 0 Å². The zero-order chi connectivity index (χ0) is 12.8. The second-order valence-corrected chi connectivity index (χ2v) is 6.70. The normalized spacial score (nSPS) is 12.4. The lowest BCUT2D eigenvalue weighted by Gasteiger charge is -2.06. The molecule has 0 amide bonds. The summed E-state index contributed by atoms with van der Waals surface area (Å²) in [4.78, 5) is 4.61. The zero-order valence-electron chi connectivity index (χ0n) is 10.6. The molecule has 3 heteroatoms. The minimum Gasteiger partial charge on any atom is -0.230 e. The van der Waals surface area contributed by atoms with Crippen molar-refractivity contribution in [3.8, 4) is 12.3 Å². The smallest absolute Gasteiger partial charge is 0.152 e. The van der Waals surface area contributed by atoms with Crippen molar-refractivity contribution in [2.45, 2.75) is 42.2 Å². The van der Waals surface area contributed by atoms with E-state index >= 15 is 0 Å². The van der Waals surface area contributed by atoms with Gasteiger partial charge in [-0.3, -0.25) is 0 Å². The van der Waals surface area contributed by atoms with Gasteiger partial charge < -0.3 is 0 Å². The van der Waals surface area contributed by atoms with Gasteiger partial charge in [0.1, 0.15) is 0 Å². The third-order valence-electron chi connectivity index (χ3n) is 2.77. The minimum atomic E-state index is 0.261. The fourth-order valence-electron chi connectivity index (χ4n) is 1.78. The summed E-state index contributed by atoms with van der Waals surface area (Å²) in [6.45, 7) is 2.21. The molecule has 0 N–H and O–H groups in total. The number of fused-ring (bicyclic) bond motifs is 1. The highest BCUT2D eigenvalue weighted by Gasteiger charge is 2.10. The molecule has 0 bridgehead atoms. The first kappa shape index (κ1) is 13.5. The lowest BCUT2D eigenvalue weighted by molar-refractivity contribution is 0.685. The standard InChI is InChI=1S/C15H17NS2/c1-3-5-6-9-12(4-2)17-15-16-13-10-7-8-11-14(13)18-15/h2,7-8,10-12H,3,5-6,9H2,1H3/t12-/m0/s1. The number of nitrogens with zero attached hydrogens (tertiary/aromatic N) is 1. The van der Waals surface area contributed by atoms with Crippen molar-refractivity contribution in [1.82, 2.24) is 4.98 Å². The molecule has 1 aromatic carbocycles. The van der Waals surface area contributed by atoms with Crippen LogP contribution in [0.5, 0.6) is 0 Å². The van der Waals surface area contributed by atoms with E-state index in [9.17, 15) is 0 Å². The largest absolute Gasteiger partial charge is 0.230 e. The van der Waals surface area contributed by atoms with E-state index in [0.717, 1.165) is 16.3 Å². The first-order valence-corrected chi connectivity index (χ1v) is 8.01. The number of thioether (sulfide) groups is 1. The van der Waals surface area contributed by atoms with Gasteiger partial charge in [-0.05, 0) is 18.6 Å². The molecule has 0 aliphatic rings. The third kappa shape index (κ3) is 3.51. The molecule has 0 radical (unpaired) electrons. The van der Waals surface area contributed by atoms with Crippen molar-refractivity contribution in [2.75, 3.05) is 0 Å². The molecule has 0 saturated carbocycles. The average Bonchev–Trinajstić information content (AvgIpc) is 2.80. The summed E-state index contributed by atoms with van der Waals surface area (Å²) in [5.41, 5.74) is 1.08. The highest BCUT2D eigenvalue weighted by molar-refractivity contribution is 8.01. The lowest BCUT2D eigenvalue weighted by atomic mass is 10.1. The number of hydrogen-bond donors (Lipinski definition) is 0. The SMILES string of the molecule is C#C[C@@H](CCCCC)Sc1nc2ccccc2s1. The summed E-state index contributed by atoms with van der Waals surface area (Å²) >= 11 is 3.47. The highest BCUT2D eigenvalue weighted by atomic mass is 32.2. The lowest BCUT2D eigenvalue weighted by Crippen LogP contribution is -1.98. The van der Waals surface area contributed by atoms with E-state index in [4.69, 9.17) is 6.42 Å². The fourth-order valence-corrected chi connectivity index (χ4v) is 4.03. The molecule has 1 atom stereocenters. The van der Waals surface area contributed by atoms with Crippen LogP contribution >= 0.6 is 23.1 Å². The van der Waals surface area contributed by atoms with Gasteiger partial charge in [0, 0.05) is 0 Å². The number of thiazole rings is 1. The highest BCUT2D eigenvalue weighted by Crippen LogP contribution is 2.33. The van der Waals surface area contributed by atoms with Crippen LogP contribution in [0.2, 0.25) is 0 Å². The molecular formula is C15H17NS2. The molecule has 94 valence electrons. The fraction of sp³-hybridized carbons (Fsp3) is 0.400. The molecule has 1 heterocycles. The van der Waals surface area contributed by atoms with E-state index in [0.29, 0.717) is 0 Å². The average molecular weight is 275 g/mol. The number of aromatic nitrogens is 1. The molecule has 1 aromatic heterocycles. The summed E-state index contributed by atoms with van der Waals surface area (Å²) < 4.78 is 2.33. The van der Waals surface area contributed by atoms with Crippen LogP contribution < -0.4 is 0 Å². The van der Waals surface area contributed by atoms with Gasteiger partial charge >= 0.3 is 0 Å². The van der Waals surface area contributed by atoms with E-state index in [2.05, 4.69) is 36.0 Å². The van der Waals surface area contributed by atoms with Crippen LogP contribution in [0.15, 0.2) is 28.6 Å². The molecule has 0 spiro atoms. The van der Waals surface area contributed by atoms with Gasteiger partial charge in [-0.25, -0.2) is 4.98 Å². The van der Waals surface area contributed by atoms with Crippen LogP contribution in [-0.4, -0.2) is 10.2 Å². The Labute approximate surface area is 117 Å². The topological polar surface area (TPSA) is 12.9 Å². The predicted octanol–water partition coefficient (Wildman–Crippen LogP) is 4.97. The summed E-state index contributed by atoms with van der Waals surface area (Å²) in [6.07, 6.45) is 10.4. The number of hydrogen-bond acceptors (Lipinski definition) is 3. The maximum atomic E-state index is 5.60. The van der Waals surface area contributed by atoms with Crippen molar-refractivity contribution >= 4 is 33.3 Å². The molecule has 18 heavy (non-hydrogen) atoms. The molecule has 0 unspecified atom stereocenters. The Hall–Kier alpha value is -0.980. The van der Waals surface area contributed by atoms with Crippen molar-refractivity contribution in [3.05, 3.63) is 24.3 Å². The molecule has 0 aliphatic carbocycles. The Kier molecular flexibility index (Phi) is 5.10. The van der Waals surface area contributed by atoms with Crippen LogP contribution in [0.25, 0.3) is 10.2 Å². The van der Waals surface area contributed by atoms with Gasteiger partial charge in [0.05, 0.1) is 15.5 Å². The molecule has 0 fully saturated rings. The number of terminal acetylenes is 1. The summed E-state index contributed by atoms with van der Waals surface area (Å²) in [6, 6.07) is 8.24. The van der Waals surface area contributed by atoms with E-state index in [1.54, 1.807) is 23.1 Å². The van der Waals surface area contributed by atoms with Gasteiger partial charge in [-0.15, -0.1) is 17.8 Å². The van der Waals surface area contributed by atoms with Crippen molar-refractivity contribution < 1.29 is 0 Å². The monoisotopic (exact) mass is 275 g/mol. The van der Waals surface area contributed by atoms with Crippen LogP contribution in [0.1, 0.15) is 32.6 Å². The summed E-state index contributed by atoms with van der Waals surface area (Å²) in [7, 11) is 0. The first-order valence-electron chi connectivity index (χ1n) is 6.32. The number of rotatable bonds is 6. The van der Waals surface area contributed by atoms with Crippen LogP contribution in [0.3, 0.4) is 0 Å². The number of unbranched alkanes of at least 4 members (excludes halogenated alkanes) is 2. The van der Waals surface area contributed by atoms with E-state index in [-0.39, 0.29) is 5.25 Å². The second kappa shape index (κ2) is 6.82. The molecule has 0 aliphatic heterocycles. The first-order chi connectivity index (χ1) is 8.83. The van der Waals surface area contributed by atoms with Gasteiger partial charge in [-0.1, -0.05) is 56.0 Å². The Morgan fingerprint density at radius 3 is 2.94 bits per heavy atom. The van der Waals surface area contributed by atoms with Gasteiger partial charge in [0.15, 0.2) is 4.34 Å². The van der Waals surface area contributed by atoms with Gasteiger partial charge in [0.2, 0.25) is 0 Å². The van der Waals surface area contributed by atoms with E-state index in [1.807, 2.05) is 6.07 Å². The Morgan fingerprint density at radius 1 is 1.39 bits per heavy atom. The van der Waals surface area contributed by atoms with Gasteiger partial charge in [0.25, 0.3) is 0 Å².